The van der Waals surface area contributed by atoms with Crippen molar-refractivity contribution >= 4 is 17.3 Å². The smallest absolute Gasteiger partial charge is 0.393 e. The number of carbonyl (C=O) groups excluding carboxylic acids is 1. The fourth-order valence-corrected chi connectivity index (χ4v) is 2.56. The molecule has 3 N–H and O–H groups in total. The van der Waals surface area contributed by atoms with Gasteiger partial charge in [-0.15, -0.1) is 0 Å². The van der Waals surface area contributed by atoms with Gasteiger partial charge in [0, 0.05) is 12.0 Å². The van der Waals surface area contributed by atoms with Crippen LogP contribution in [0.4, 0.5) is 28.9 Å². The normalized spacial score (nSPS) is 11.9. The maximum Gasteiger partial charge on any atom is 0.416 e. The molecule has 0 heterocycles. The Balaban J connectivity index is 2.24. The highest BCUT2D eigenvalue weighted by molar-refractivity contribution is 6.01. The quantitative estimate of drug-likeness (QED) is 0.343. The number of nitrogen functional groups attached to an aromatic ring is 1. The number of nitrogens with two attached hydrogens (primary N) is 1. The fraction of sp³-hybridized carbons (Fsp3) is 0.278. The van der Waals surface area contributed by atoms with Crippen molar-refractivity contribution in [3.8, 4) is 0 Å². The molecular weight excluding hydrogens is 382 g/mol. The Morgan fingerprint density at radius 2 is 1.79 bits per heavy atom. The first-order valence-corrected chi connectivity index (χ1v) is 8.02. The molecule has 150 valence electrons. The number of nitro groups is 1. The molecule has 0 radical (unpaired) electrons. The van der Waals surface area contributed by atoms with E-state index in [9.17, 15) is 32.5 Å². The summed E-state index contributed by atoms with van der Waals surface area (Å²) in [5.74, 6) is -1.89. The Morgan fingerprint density at radius 1 is 1.18 bits per heavy atom. The van der Waals surface area contributed by atoms with Crippen molar-refractivity contribution in [2.75, 3.05) is 12.3 Å². The molecule has 0 aliphatic heterocycles. The molecule has 0 atom stereocenters. The molecule has 0 bridgehead atoms. The summed E-state index contributed by atoms with van der Waals surface area (Å²) < 4.78 is 52.3. The Morgan fingerprint density at radius 3 is 2.36 bits per heavy atom. The van der Waals surface area contributed by atoms with Crippen LogP contribution in [0, 0.1) is 15.9 Å². The molecule has 0 saturated carbocycles. The van der Waals surface area contributed by atoms with Crippen LogP contribution in [0.25, 0.3) is 0 Å². The zero-order valence-corrected chi connectivity index (χ0v) is 14.9. The third-order valence-corrected chi connectivity index (χ3v) is 4.23. The molecule has 0 aromatic heterocycles. The van der Waals surface area contributed by atoms with E-state index in [1.54, 1.807) is 13.8 Å². The third kappa shape index (κ3) is 4.56. The standard InChI is InChI=1S/C18H17F4N3O3/c1-17(2,10-4-3-5-11(6-10)18(20,21)22)9-24-16(26)13-7-12(19)8-14(15(13)23)25(27)28/h3-8H,9,23H2,1-2H3,(H,24,26). The van der Waals surface area contributed by atoms with Crippen LogP contribution in [0.3, 0.4) is 0 Å². The summed E-state index contributed by atoms with van der Waals surface area (Å²) in [6.07, 6.45) is -4.51. The van der Waals surface area contributed by atoms with Gasteiger partial charge in [0.25, 0.3) is 11.6 Å². The molecule has 1 amide bonds. The zero-order valence-electron chi connectivity index (χ0n) is 14.9. The number of anilines is 1. The average Bonchev–Trinajstić information content (AvgIpc) is 2.60. The maximum atomic E-state index is 13.6. The number of benzene rings is 2. The molecule has 0 spiro atoms. The predicted octanol–water partition coefficient (Wildman–Crippen LogP) is 4.04. The number of rotatable bonds is 5. The van der Waals surface area contributed by atoms with Crippen LogP contribution in [-0.4, -0.2) is 17.4 Å². The van der Waals surface area contributed by atoms with Gasteiger partial charge < -0.3 is 11.1 Å². The Kier molecular flexibility index (Phi) is 5.62. The lowest BCUT2D eigenvalue weighted by Crippen LogP contribution is -2.37. The molecule has 10 heteroatoms. The van der Waals surface area contributed by atoms with Gasteiger partial charge in [-0.3, -0.25) is 14.9 Å². The van der Waals surface area contributed by atoms with Gasteiger partial charge in [0.15, 0.2) is 0 Å². The van der Waals surface area contributed by atoms with Crippen LogP contribution < -0.4 is 11.1 Å². The minimum absolute atomic E-state index is 0.114. The largest absolute Gasteiger partial charge is 0.416 e. The summed E-state index contributed by atoms with van der Waals surface area (Å²) in [7, 11) is 0. The molecular formula is C18H17F4N3O3. The van der Waals surface area contributed by atoms with Crippen LogP contribution in [-0.2, 0) is 11.6 Å². The molecule has 0 aliphatic rings. The molecule has 2 aromatic carbocycles. The first-order chi connectivity index (χ1) is 12.8. The van der Waals surface area contributed by atoms with E-state index in [2.05, 4.69) is 5.32 Å². The first kappa shape index (κ1) is 21.1. The molecule has 0 fully saturated rings. The third-order valence-electron chi connectivity index (χ3n) is 4.23. The Bertz CT molecular complexity index is 927. The van der Waals surface area contributed by atoms with Gasteiger partial charge in [0.1, 0.15) is 11.5 Å². The minimum atomic E-state index is -4.51. The van der Waals surface area contributed by atoms with E-state index in [0.29, 0.717) is 11.6 Å². The molecule has 6 nitrogen and oxygen atoms in total. The number of nitrogens with one attached hydrogen (secondary N) is 1. The van der Waals surface area contributed by atoms with Crippen LogP contribution >= 0.6 is 0 Å². The summed E-state index contributed by atoms with van der Waals surface area (Å²) in [5, 5.41) is 13.3. The molecule has 0 aliphatic carbocycles. The van der Waals surface area contributed by atoms with Crippen molar-refractivity contribution in [1.29, 1.82) is 0 Å². The van der Waals surface area contributed by atoms with Crippen molar-refractivity contribution in [3.63, 3.8) is 0 Å². The van der Waals surface area contributed by atoms with Gasteiger partial charge in [0.05, 0.1) is 22.1 Å². The predicted molar refractivity (Wildman–Crippen MR) is 94.3 cm³/mol. The average molecular weight is 399 g/mol. The second kappa shape index (κ2) is 7.45. The lowest BCUT2D eigenvalue weighted by Gasteiger charge is -2.26. The van der Waals surface area contributed by atoms with Crippen molar-refractivity contribution in [1.82, 2.24) is 5.32 Å². The van der Waals surface area contributed by atoms with Crippen molar-refractivity contribution in [2.45, 2.75) is 25.4 Å². The minimum Gasteiger partial charge on any atom is -0.393 e. The summed E-state index contributed by atoms with van der Waals surface area (Å²) in [6, 6.07) is 6.02. The number of carbonyl (C=O) groups is 1. The molecule has 0 saturated heterocycles. The highest BCUT2D eigenvalue weighted by Crippen LogP contribution is 2.33. The van der Waals surface area contributed by atoms with Gasteiger partial charge in [-0.05, 0) is 17.7 Å². The van der Waals surface area contributed by atoms with Gasteiger partial charge in [-0.1, -0.05) is 32.0 Å². The topological polar surface area (TPSA) is 98.3 Å². The Hall–Kier alpha value is -3.17. The number of amides is 1. The maximum absolute atomic E-state index is 13.6. The van der Waals surface area contributed by atoms with Crippen LogP contribution in [0.15, 0.2) is 36.4 Å². The molecule has 2 rings (SSSR count). The Labute approximate surface area is 157 Å². The van der Waals surface area contributed by atoms with Crippen LogP contribution in [0.5, 0.6) is 0 Å². The summed E-state index contributed by atoms with van der Waals surface area (Å²) >= 11 is 0. The highest BCUT2D eigenvalue weighted by Gasteiger charge is 2.32. The van der Waals surface area contributed by atoms with Gasteiger partial charge in [-0.2, -0.15) is 13.2 Å². The van der Waals surface area contributed by atoms with E-state index < -0.39 is 50.7 Å². The van der Waals surface area contributed by atoms with Gasteiger partial charge in [0.2, 0.25) is 0 Å². The molecule has 0 unspecified atom stereocenters. The number of alkyl halides is 3. The second-order valence-corrected chi connectivity index (χ2v) is 6.79. The van der Waals surface area contributed by atoms with E-state index in [4.69, 9.17) is 5.73 Å². The van der Waals surface area contributed by atoms with Crippen molar-refractivity contribution in [3.05, 3.63) is 69.0 Å². The zero-order chi connectivity index (χ0) is 21.3. The van der Waals surface area contributed by atoms with E-state index in [0.717, 1.165) is 18.2 Å². The van der Waals surface area contributed by atoms with Crippen LogP contribution in [0.1, 0.15) is 35.3 Å². The SMILES string of the molecule is CC(C)(CNC(=O)c1cc(F)cc([N+](=O)[O-])c1N)c1cccc(C(F)(F)F)c1. The molecule has 28 heavy (non-hydrogen) atoms. The van der Waals surface area contributed by atoms with E-state index in [1.807, 2.05) is 0 Å². The number of nitrogens with zero attached hydrogens (tertiary/aromatic N) is 1. The number of hydrogen-bond acceptors (Lipinski definition) is 4. The number of hydrogen-bond donors (Lipinski definition) is 2. The van der Waals surface area contributed by atoms with Crippen molar-refractivity contribution < 1.29 is 27.3 Å². The lowest BCUT2D eigenvalue weighted by atomic mass is 9.83. The van der Waals surface area contributed by atoms with Crippen LogP contribution in [0.2, 0.25) is 0 Å². The monoisotopic (exact) mass is 399 g/mol. The number of nitro benzene ring substituents is 1. The second-order valence-electron chi connectivity index (χ2n) is 6.79. The van der Waals surface area contributed by atoms with Gasteiger partial charge >= 0.3 is 6.18 Å². The summed E-state index contributed by atoms with van der Waals surface area (Å²) in [6.45, 7) is 3.11. The fourth-order valence-electron chi connectivity index (χ4n) is 2.56. The summed E-state index contributed by atoms with van der Waals surface area (Å²) in [4.78, 5) is 22.3. The summed E-state index contributed by atoms with van der Waals surface area (Å²) in [5.41, 5.74) is 2.49. The first-order valence-electron chi connectivity index (χ1n) is 8.02. The number of halogens is 4. The van der Waals surface area contributed by atoms with E-state index in [1.165, 1.54) is 12.1 Å². The van der Waals surface area contributed by atoms with E-state index >= 15 is 0 Å². The van der Waals surface area contributed by atoms with Gasteiger partial charge in [-0.25, -0.2) is 4.39 Å². The van der Waals surface area contributed by atoms with Crippen molar-refractivity contribution in [2.24, 2.45) is 0 Å². The van der Waals surface area contributed by atoms with E-state index in [-0.39, 0.29) is 6.54 Å². The lowest BCUT2D eigenvalue weighted by molar-refractivity contribution is -0.384. The molecule has 2 aromatic rings. The highest BCUT2D eigenvalue weighted by atomic mass is 19.4.